The second kappa shape index (κ2) is 8.61. The molecule has 32 heavy (non-hydrogen) atoms. The zero-order chi connectivity index (χ0) is 22.7. The highest BCUT2D eigenvalue weighted by molar-refractivity contribution is 5.93. The number of nitrogens with two attached hydrogens (primary N) is 1. The first-order valence-corrected chi connectivity index (χ1v) is 10.2. The summed E-state index contributed by atoms with van der Waals surface area (Å²) in [4.78, 5) is 32.7. The van der Waals surface area contributed by atoms with Crippen molar-refractivity contribution in [1.29, 1.82) is 0 Å². The summed E-state index contributed by atoms with van der Waals surface area (Å²) in [6, 6.07) is 14.7. The SMILES string of the molecule is Cc1ccc(-c2cc(C(N)=O)nc(-c3cccc(C#C[C@@]4(CO)CCNC4=O)c3)c2)cn1. The summed E-state index contributed by atoms with van der Waals surface area (Å²) in [5.41, 5.74) is 9.08. The molecule has 0 unspecified atom stereocenters. The Morgan fingerprint density at radius 3 is 2.69 bits per heavy atom. The van der Waals surface area contributed by atoms with E-state index in [4.69, 9.17) is 5.73 Å². The Balaban J connectivity index is 1.74. The number of rotatable bonds is 4. The molecule has 4 rings (SSSR count). The van der Waals surface area contributed by atoms with Gasteiger partial charge in [0.2, 0.25) is 5.91 Å². The number of aliphatic hydroxyl groups excluding tert-OH is 1. The van der Waals surface area contributed by atoms with Gasteiger partial charge in [-0.25, -0.2) is 4.98 Å². The Kier molecular flexibility index (Phi) is 5.71. The number of benzene rings is 1. The van der Waals surface area contributed by atoms with Crippen LogP contribution >= 0.6 is 0 Å². The minimum absolute atomic E-state index is 0.149. The van der Waals surface area contributed by atoms with E-state index < -0.39 is 11.3 Å². The van der Waals surface area contributed by atoms with Crippen molar-refractivity contribution in [1.82, 2.24) is 15.3 Å². The number of carbonyl (C=O) groups is 2. The molecule has 0 spiro atoms. The number of hydrogen-bond acceptors (Lipinski definition) is 5. The van der Waals surface area contributed by atoms with Gasteiger partial charge in [-0.1, -0.05) is 30.0 Å². The molecule has 1 fully saturated rings. The third-order valence-electron chi connectivity index (χ3n) is 5.47. The van der Waals surface area contributed by atoms with Gasteiger partial charge in [-0.2, -0.15) is 0 Å². The Labute approximate surface area is 185 Å². The van der Waals surface area contributed by atoms with E-state index in [9.17, 15) is 14.7 Å². The van der Waals surface area contributed by atoms with Gasteiger partial charge in [0, 0.05) is 35.1 Å². The first-order chi connectivity index (χ1) is 15.4. The number of nitrogens with one attached hydrogen (secondary N) is 1. The molecule has 160 valence electrons. The second-order valence-electron chi connectivity index (χ2n) is 7.76. The molecule has 1 saturated heterocycles. The van der Waals surface area contributed by atoms with E-state index in [1.807, 2.05) is 49.4 Å². The van der Waals surface area contributed by atoms with Gasteiger partial charge in [-0.15, -0.1) is 0 Å². The fourth-order valence-electron chi connectivity index (χ4n) is 3.54. The van der Waals surface area contributed by atoms with Crippen molar-refractivity contribution in [2.75, 3.05) is 13.2 Å². The summed E-state index contributed by atoms with van der Waals surface area (Å²) < 4.78 is 0. The van der Waals surface area contributed by atoms with E-state index >= 15 is 0 Å². The molecule has 1 aromatic carbocycles. The highest BCUT2D eigenvalue weighted by Gasteiger charge is 2.40. The maximum atomic E-state index is 12.1. The molecular formula is C25H22N4O3. The predicted octanol–water partition coefficient (Wildman–Crippen LogP) is 2.07. The van der Waals surface area contributed by atoms with Crippen molar-refractivity contribution in [3.05, 3.63) is 71.7 Å². The van der Waals surface area contributed by atoms with Crippen LogP contribution in [-0.2, 0) is 4.79 Å². The van der Waals surface area contributed by atoms with Crippen molar-refractivity contribution >= 4 is 11.8 Å². The first kappa shape index (κ1) is 21.2. The molecule has 3 aromatic rings. The van der Waals surface area contributed by atoms with Gasteiger partial charge >= 0.3 is 0 Å². The molecule has 7 nitrogen and oxygen atoms in total. The van der Waals surface area contributed by atoms with Crippen molar-refractivity contribution < 1.29 is 14.7 Å². The zero-order valence-corrected chi connectivity index (χ0v) is 17.6. The standard InChI is InChI=1S/C25H22N4O3/c1-16-5-6-19(14-28-16)20-12-21(29-22(13-20)23(26)31)18-4-2-3-17(11-18)7-8-25(15-30)9-10-27-24(25)32/h2-6,11-14,30H,9-10,15H2,1H3,(H2,26,31)(H,27,32)/t25-/m0/s1. The minimum Gasteiger partial charge on any atom is -0.394 e. The molecule has 2 amide bonds. The fraction of sp³-hybridized carbons (Fsp3) is 0.200. The second-order valence-corrected chi connectivity index (χ2v) is 7.76. The number of aryl methyl sites for hydroxylation is 1. The Morgan fingerprint density at radius 1 is 1.19 bits per heavy atom. The summed E-state index contributed by atoms with van der Waals surface area (Å²) >= 11 is 0. The van der Waals surface area contributed by atoms with Crippen LogP contribution in [0.1, 0.15) is 28.2 Å². The van der Waals surface area contributed by atoms with E-state index in [-0.39, 0.29) is 18.2 Å². The number of carbonyl (C=O) groups excluding carboxylic acids is 2. The van der Waals surface area contributed by atoms with Crippen LogP contribution in [0.3, 0.4) is 0 Å². The first-order valence-electron chi connectivity index (χ1n) is 10.2. The van der Waals surface area contributed by atoms with Gasteiger partial charge in [0.25, 0.3) is 5.91 Å². The smallest absolute Gasteiger partial charge is 0.267 e. The van der Waals surface area contributed by atoms with Crippen LogP contribution in [0.5, 0.6) is 0 Å². The number of aliphatic hydroxyl groups is 1. The van der Waals surface area contributed by atoms with Crippen LogP contribution in [0.4, 0.5) is 0 Å². The minimum atomic E-state index is -1.08. The topological polar surface area (TPSA) is 118 Å². The van der Waals surface area contributed by atoms with Crippen molar-refractivity contribution in [2.24, 2.45) is 11.1 Å². The van der Waals surface area contributed by atoms with E-state index in [1.165, 1.54) is 0 Å². The van der Waals surface area contributed by atoms with E-state index in [2.05, 4.69) is 27.1 Å². The lowest BCUT2D eigenvalue weighted by atomic mass is 9.88. The number of amides is 2. The van der Waals surface area contributed by atoms with E-state index in [0.717, 1.165) is 22.4 Å². The molecule has 7 heteroatoms. The zero-order valence-electron chi connectivity index (χ0n) is 17.6. The molecule has 0 saturated carbocycles. The highest BCUT2D eigenvalue weighted by Crippen LogP contribution is 2.28. The Hall–Kier alpha value is -4.02. The lowest BCUT2D eigenvalue weighted by Crippen LogP contribution is -2.33. The number of hydrogen-bond donors (Lipinski definition) is 3. The van der Waals surface area contributed by atoms with Gasteiger partial charge in [0.05, 0.1) is 12.3 Å². The number of aromatic nitrogens is 2. The Morgan fingerprint density at radius 2 is 2.03 bits per heavy atom. The molecule has 4 N–H and O–H groups in total. The predicted molar refractivity (Wildman–Crippen MR) is 120 cm³/mol. The third-order valence-corrected chi connectivity index (χ3v) is 5.47. The number of nitrogens with zero attached hydrogens (tertiary/aromatic N) is 2. The molecule has 0 radical (unpaired) electrons. The quantitative estimate of drug-likeness (QED) is 0.552. The Bertz CT molecular complexity index is 1260. The summed E-state index contributed by atoms with van der Waals surface area (Å²) in [7, 11) is 0. The molecule has 0 aliphatic carbocycles. The summed E-state index contributed by atoms with van der Waals surface area (Å²) in [6.07, 6.45) is 2.20. The lowest BCUT2D eigenvalue weighted by molar-refractivity contribution is -0.126. The van der Waals surface area contributed by atoms with Gasteiger partial charge in [0.1, 0.15) is 11.1 Å². The molecule has 0 bridgehead atoms. The molecule has 1 aliphatic rings. The van der Waals surface area contributed by atoms with Gasteiger partial charge in [-0.05, 0) is 49.2 Å². The van der Waals surface area contributed by atoms with Crippen molar-refractivity contribution in [3.8, 4) is 34.2 Å². The summed E-state index contributed by atoms with van der Waals surface area (Å²) in [5, 5.41) is 12.4. The van der Waals surface area contributed by atoms with Crippen LogP contribution in [0, 0.1) is 24.2 Å². The van der Waals surface area contributed by atoms with Crippen LogP contribution in [-0.4, -0.2) is 40.0 Å². The van der Waals surface area contributed by atoms with Gasteiger partial charge in [0.15, 0.2) is 0 Å². The average Bonchev–Trinajstić information content (AvgIpc) is 3.18. The van der Waals surface area contributed by atoms with Crippen molar-refractivity contribution in [2.45, 2.75) is 13.3 Å². The number of pyridine rings is 2. The molecule has 2 aromatic heterocycles. The van der Waals surface area contributed by atoms with Gasteiger partial charge < -0.3 is 16.2 Å². The molecular weight excluding hydrogens is 404 g/mol. The van der Waals surface area contributed by atoms with E-state index in [0.29, 0.717) is 24.2 Å². The summed E-state index contributed by atoms with van der Waals surface area (Å²) in [5.74, 6) is 5.08. The molecule has 1 aliphatic heterocycles. The fourth-order valence-corrected chi connectivity index (χ4v) is 3.54. The summed E-state index contributed by atoms with van der Waals surface area (Å²) in [6.45, 7) is 2.07. The van der Waals surface area contributed by atoms with E-state index in [1.54, 1.807) is 12.3 Å². The van der Waals surface area contributed by atoms with Crippen LogP contribution < -0.4 is 11.1 Å². The largest absolute Gasteiger partial charge is 0.394 e. The highest BCUT2D eigenvalue weighted by atomic mass is 16.3. The normalized spacial score (nSPS) is 17.4. The average molecular weight is 426 g/mol. The van der Waals surface area contributed by atoms with Crippen LogP contribution in [0.15, 0.2) is 54.7 Å². The lowest BCUT2D eigenvalue weighted by Gasteiger charge is -2.15. The molecule has 1 atom stereocenters. The van der Waals surface area contributed by atoms with Gasteiger partial charge in [-0.3, -0.25) is 14.6 Å². The van der Waals surface area contributed by atoms with Crippen LogP contribution in [0.25, 0.3) is 22.4 Å². The number of primary amides is 1. The maximum Gasteiger partial charge on any atom is 0.267 e. The third kappa shape index (κ3) is 4.22. The van der Waals surface area contributed by atoms with Crippen LogP contribution in [0.2, 0.25) is 0 Å². The monoisotopic (exact) mass is 426 g/mol. The molecule has 3 heterocycles. The van der Waals surface area contributed by atoms with Crippen molar-refractivity contribution in [3.63, 3.8) is 0 Å². The maximum absolute atomic E-state index is 12.1.